The van der Waals surface area contributed by atoms with Gasteiger partial charge in [-0.05, 0) is 28.3 Å². The second kappa shape index (κ2) is 12.4. The minimum Gasteiger partial charge on any atom is -0.744 e. The van der Waals surface area contributed by atoms with E-state index in [0.29, 0.717) is 5.56 Å². The van der Waals surface area contributed by atoms with Gasteiger partial charge in [-0.25, -0.2) is 8.42 Å². The molecule has 150 valence electrons. The van der Waals surface area contributed by atoms with E-state index in [9.17, 15) is 13.0 Å². The Morgan fingerprint density at radius 2 is 0.935 bits per heavy atom. The molecule has 0 radical (unpaired) electrons. The van der Waals surface area contributed by atoms with Gasteiger partial charge < -0.3 is 4.55 Å². The van der Waals surface area contributed by atoms with Crippen LogP contribution in [0.2, 0.25) is 0 Å². The van der Waals surface area contributed by atoms with Crippen LogP contribution in [0.4, 0.5) is 0 Å². The molecule has 0 N–H and O–H groups in total. The molecule has 0 unspecified atom stereocenters. The number of benzene rings is 4. The Morgan fingerprint density at radius 1 is 0.548 bits per heavy atom. The maximum absolute atomic E-state index is 11.1. The topological polar surface area (TPSA) is 57.2 Å². The van der Waals surface area contributed by atoms with Crippen molar-refractivity contribution in [2.45, 2.75) is 4.90 Å². The predicted octanol–water partition coefficient (Wildman–Crippen LogP) is 3.12. The Morgan fingerprint density at radius 3 is 1.39 bits per heavy atom. The average Bonchev–Trinajstić information content (AvgIpc) is 2.80. The van der Waals surface area contributed by atoms with Crippen LogP contribution in [0, 0.1) is 0 Å². The average molecular weight is 437 g/mol. The Bertz CT molecular complexity index is 1150. The summed E-state index contributed by atoms with van der Waals surface area (Å²) in [7, 11) is -4.43. The molecule has 5 heteroatoms. The van der Waals surface area contributed by atoms with Gasteiger partial charge in [-0.3, -0.25) is 0 Å². The van der Waals surface area contributed by atoms with Crippen LogP contribution >= 0.6 is 0 Å². The van der Waals surface area contributed by atoms with Crippen LogP contribution in [0.3, 0.4) is 0 Å². The molecule has 0 saturated carbocycles. The van der Waals surface area contributed by atoms with E-state index in [1.807, 2.05) is 42.5 Å². The van der Waals surface area contributed by atoms with Crippen LogP contribution in [0.25, 0.3) is 23.3 Å². The van der Waals surface area contributed by atoms with E-state index in [4.69, 9.17) is 0 Å². The van der Waals surface area contributed by atoms with Crippen LogP contribution in [0.15, 0.2) is 120 Å². The molecule has 0 aromatic heterocycles. The van der Waals surface area contributed by atoms with Gasteiger partial charge in [0, 0.05) is 0 Å². The van der Waals surface area contributed by atoms with Crippen molar-refractivity contribution < 1.29 is 42.5 Å². The molecule has 0 atom stereocenters. The summed E-state index contributed by atoms with van der Waals surface area (Å²) in [6.07, 6.45) is 4.24. The molecule has 0 aliphatic carbocycles. The monoisotopic (exact) mass is 436 g/mol. The summed E-state index contributed by atoms with van der Waals surface area (Å²) < 4.78 is 33.2. The van der Waals surface area contributed by atoms with Crippen molar-refractivity contribution >= 4 is 22.3 Å². The normalized spacial score (nSPS) is 10.6. The molecule has 3 nitrogen and oxygen atoms in total. The molecule has 0 heterocycles. The first-order valence-corrected chi connectivity index (χ1v) is 10.8. The number of rotatable bonds is 4. The van der Waals surface area contributed by atoms with E-state index >= 15 is 0 Å². The van der Waals surface area contributed by atoms with Crippen molar-refractivity contribution in [3.8, 4) is 11.1 Å². The molecule has 0 bridgehead atoms. The SMILES string of the molecule is C(=Cc1ccccc1)c1ccccc1.O=S(=O)([O-])c1ccccc1-c1ccccc1.[Na+]. The molecule has 0 aliphatic rings. The van der Waals surface area contributed by atoms with Crippen molar-refractivity contribution in [3.05, 3.63) is 126 Å². The Labute approximate surface area is 206 Å². The molecule has 0 saturated heterocycles. The van der Waals surface area contributed by atoms with Gasteiger partial charge in [0.05, 0.1) is 4.90 Å². The summed E-state index contributed by atoms with van der Waals surface area (Å²) in [5, 5.41) is 0. The first-order chi connectivity index (χ1) is 14.5. The van der Waals surface area contributed by atoms with Gasteiger partial charge in [-0.15, -0.1) is 0 Å². The van der Waals surface area contributed by atoms with Crippen LogP contribution in [-0.4, -0.2) is 13.0 Å². The summed E-state index contributed by atoms with van der Waals surface area (Å²) in [4.78, 5) is -0.179. The summed E-state index contributed by atoms with van der Waals surface area (Å²) >= 11 is 0. The van der Waals surface area contributed by atoms with Crippen molar-refractivity contribution in [1.29, 1.82) is 0 Å². The van der Waals surface area contributed by atoms with E-state index in [1.54, 1.807) is 36.4 Å². The second-order valence-corrected chi connectivity index (χ2v) is 7.82. The molecule has 4 rings (SSSR count). The zero-order valence-corrected chi connectivity index (χ0v) is 20.1. The molecule has 0 fully saturated rings. The third kappa shape index (κ3) is 7.94. The number of hydrogen-bond donors (Lipinski definition) is 0. The van der Waals surface area contributed by atoms with Gasteiger partial charge in [0.15, 0.2) is 0 Å². The zero-order chi connectivity index (χ0) is 21.2. The molecule has 0 amide bonds. The van der Waals surface area contributed by atoms with Crippen molar-refractivity contribution in [1.82, 2.24) is 0 Å². The van der Waals surface area contributed by atoms with Gasteiger partial charge in [-0.2, -0.15) is 0 Å². The Balaban J connectivity index is 0.000000215. The zero-order valence-electron chi connectivity index (χ0n) is 17.3. The van der Waals surface area contributed by atoms with E-state index in [2.05, 4.69) is 36.4 Å². The van der Waals surface area contributed by atoms with E-state index in [1.165, 1.54) is 23.3 Å². The molecular formula is C26H21NaO3S. The van der Waals surface area contributed by atoms with Gasteiger partial charge in [-0.1, -0.05) is 121 Å². The fourth-order valence-electron chi connectivity index (χ4n) is 2.86. The maximum Gasteiger partial charge on any atom is 1.00 e. The van der Waals surface area contributed by atoms with Crippen LogP contribution in [-0.2, 0) is 10.1 Å². The fourth-order valence-corrected chi connectivity index (χ4v) is 3.56. The fraction of sp³-hybridized carbons (Fsp3) is 0. The van der Waals surface area contributed by atoms with Crippen LogP contribution in [0.5, 0.6) is 0 Å². The summed E-state index contributed by atoms with van der Waals surface area (Å²) in [5.74, 6) is 0. The standard InChI is InChI=1S/C14H12.C12H10O3S.Na/c1-3-7-13(8-4-1)11-12-14-9-5-2-6-10-14;13-16(14,15)12-9-5-4-8-11(12)10-6-2-1-3-7-10;/h1-12H;1-9H,(H,13,14,15);/q;;+1/p-1. The summed E-state index contributed by atoms with van der Waals surface area (Å²) in [6.45, 7) is 0. The van der Waals surface area contributed by atoms with Gasteiger partial charge in [0.2, 0.25) is 0 Å². The minimum absolute atomic E-state index is 0. The van der Waals surface area contributed by atoms with Gasteiger partial charge in [0.1, 0.15) is 10.1 Å². The van der Waals surface area contributed by atoms with Crippen LogP contribution < -0.4 is 29.6 Å². The maximum atomic E-state index is 11.1. The van der Waals surface area contributed by atoms with Gasteiger partial charge >= 0.3 is 29.6 Å². The molecular weight excluding hydrogens is 415 g/mol. The first kappa shape index (κ1) is 24.8. The third-order valence-electron chi connectivity index (χ3n) is 4.31. The summed E-state index contributed by atoms with van der Waals surface area (Å²) in [5.41, 5.74) is 3.63. The Hall–Kier alpha value is -2.47. The first-order valence-electron chi connectivity index (χ1n) is 9.42. The smallest absolute Gasteiger partial charge is 0.744 e. The van der Waals surface area contributed by atoms with Crippen molar-refractivity contribution in [2.24, 2.45) is 0 Å². The van der Waals surface area contributed by atoms with E-state index in [-0.39, 0.29) is 34.5 Å². The molecule has 31 heavy (non-hydrogen) atoms. The molecule has 0 aliphatic heterocycles. The Kier molecular flexibility index (Phi) is 9.92. The summed E-state index contributed by atoms with van der Waals surface area (Å²) in [6, 6.07) is 35.8. The second-order valence-electron chi connectivity index (χ2n) is 6.47. The van der Waals surface area contributed by atoms with Crippen LogP contribution in [0.1, 0.15) is 11.1 Å². The van der Waals surface area contributed by atoms with Gasteiger partial charge in [0.25, 0.3) is 0 Å². The van der Waals surface area contributed by atoms with E-state index < -0.39 is 10.1 Å². The molecule has 4 aromatic rings. The molecule has 4 aromatic carbocycles. The quantitative estimate of drug-likeness (QED) is 0.281. The minimum atomic E-state index is -4.43. The molecule has 0 spiro atoms. The predicted molar refractivity (Wildman–Crippen MR) is 122 cm³/mol. The van der Waals surface area contributed by atoms with Crippen molar-refractivity contribution in [2.75, 3.05) is 0 Å². The van der Waals surface area contributed by atoms with Crippen molar-refractivity contribution in [3.63, 3.8) is 0 Å². The number of hydrogen-bond acceptors (Lipinski definition) is 3. The largest absolute Gasteiger partial charge is 1.00 e. The van der Waals surface area contributed by atoms with E-state index in [0.717, 1.165) is 5.56 Å². The third-order valence-corrected chi connectivity index (χ3v) is 5.20.